The SMILES string of the molecule is CCCn1cc(S(=O)(=O)N2CCCC(NC)C2)nc1C. The van der Waals surface area contributed by atoms with Crippen LogP contribution in [0, 0.1) is 6.92 Å². The number of imidazole rings is 1. The number of nitrogens with one attached hydrogen (secondary N) is 1. The van der Waals surface area contributed by atoms with Crippen LogP contribution in [0.4, 0.5) is 0 Å². The molecule has 1 N–H and O–H groups in total. The minimum absolute atomic E-state index is 0.181. The van der Waals surface area contributed by atoms with Crippen LogP contribution in [0.5, 0.6) is 0 Å². The maximum atomic E-state index is 12.6. The average molecular weight is 300 g/mol. The topological polar surface area (TPSA) is 67.2 Å². The lowest BCUT2D eigenvalue weighted by Gasteiger charge is -2.31. The molecule has 6 nitrogen and oxygen atoms in total. The number of hydrogen-bond donors (Lipinski definition) is 1. The molecule has 0 spiro atoms. The van der Waals surface area contributed by atoms with Crippen LogP contribution in [-0.4, -0.2) is 48.5 Å². The molecule has 1 atom stereocenters. The van der Waals surface area contributed by atoms with Gasteiger partial charge in [0, 0.05) is 31.9 Å². The molecule has 0 radical (unpaired) electrons. The van der Waals surface area contributed by atoms with Crippen molar-refractivity contribution in [1.82, 2.24) is 19.2 Å². The first-order valence-corrected chi connectivity index (χ1v) is 8.64. The molecule has 0 aliphatic carbocycles. The van der Waals surface area contributed by atoms with E-state index in [1.54, 1.807) is 10.5 Å². The number of sulfonamides is 1. The van der Waals surface area contributed by atoms with Crippen LogP contribution >= 0.6 is 0 Å². The van der Waals surface area contributed by atoms with Gasteiger partial charge >= 0.3 is 0 Å². The zero-order valence-corrected chi connectivity index (χ0v) is 13.3. The van der Waals surface area contributed by atoms with Crippen molar-refractivity contribution in [2.75, 3.05) is 20.1 Å². The van der Waals surface area contributed by atoms with E-state index in [-0.39, 0.29) is 11.1 Å². The van der Waals surface area contributed by atoms with Gasteiger partial charge in [0.15, 0.2) is 5.03 Å². The van der Waals surface area contributed by atoms with Gasteiger partial charge in [-0.05, 0) is 33.2 Å². The van der Waals surface area contributed by atoms with Gasteiger partial charge in [0.2, 0.25) is 0 Å². The van der Waals surface area contributed by atoms with E-state index in [0.29, 0.717) is 13.1 Å². The van der Waals surface area contributed by atoms with E-state index in [1.165, 1.54) is 0 Å². The highest BCUT2D eigenvalue weighted by Crippen LogP contribution is 2.20. The largest absolute Gasteiger partial charge is 0.334 e. The van der Waals surface area contributed by atoms with Crippen molar-refractivity contribution >= 4 is 10.0 Å². The van der Waals surface area contributed by atoms with Gasteiger partial charge in [-0.15, -0.1) is 0 Å². The first-order chi connectivity index (χ1) is 9.48. The Morgan fingerprint density at radius 3 is 2.90 bits per heavy atom. The van der Waals surface area contributed by atoms with E-state index in [1.807, 2.05) is 18.5 Å². The quantitative estimate of drug-likeness (QED) is 0.880. The Balaban J connectivity index is 2.23. The molecule has 1 aliphatic heterocycles. The molecule has 1 aromatic heterocycles. The lowest BCUT2D eigenvalue weighted by atomic mass is 10.1. The second-order valence-electron chi connectivity index (χ2n) is 5.31. The van der Waals surface area contributed by atoms with Crippen LogP contribution in [0.25, 0.3) is 0 Å². The number of aromatic nitrogens is 2. The second-order valence-corrected chi connectivity index (χ2v) is 7.20. The predicted octanol–water partition coefficient (Wildman–Crippen LogP) is 0.974. The van der Waals surface area contributed by atoms with Crippen molar-refractivity contribution < 1.29 is 8.42 Å². The minimum atomic E-state index is -3.46. The molecule has 7 heteroatoms. The first-order valence-electron chi connectivity index (χ1n) is 7.20. The van der Waals surface area contributed by atoms with Crippen LogP contribution in [0.3, 0.4) is 0 Å². The van der Waals surface area contributed by atoms with Gasteiger partial charge in [0.05, 0.1) is 0 Å². The standard InChI is InChI=1S/C13H24N4O2S/c1-4-7-16-10-13(15-11(16)2)20(18,19)17-8-5-6-12(9-17)14-3/h10,12,14H,4-9H2,1-3H3. The predicted molar refractivity (Wildman–Crippen MR) is 78.1 cm³/mol. The van der Waals surface area contributed by atoms with E-state index in [4.69, 9.17) is 0 Å². The highest BCUT2D eigenvalue weighted by atomic mass is 32.2. The summed E-state index contributed by atoms with van der Waals surface area (Å²) < 4.78 is 28.7. The molecule has 20 heavy (non-hydrogen) atoms. The molecule has 1 unspecified atom stereocenters. The van der Waals surface area contributed by atoms with Crippen molar-refractivity contribution in [2.24, 2.45) is 0 Å². The summed E-state index contributed by atoms with van der Waals surface area (Å²) in [6.45, 7) is 5.82. The summed E-state index contributed by atoms with van der Waals surface area (Å²) in [5.74, 6) is 0.757. The average Bonchev–Trinajstić information content (AvgIpc) is 2.81. The highest BCUT2D eigenvalue weighted by Gasteiger charge is 2.31. The fourth-order valence-electron chi connectivity index (χ4n) is 2.60. The van der Waals surface area contributed by atoms with E-state index >= 15 is 0 Å². The van der Waals surface area contributed by atoms with Gasteiger partial charge in [-0.1, -0.05) is 6.92 Å². The summed E-state index contributed by atoms with van der Waals surface area (Å²) >= 11 is 0. The maximum Gasteiger partial charge on any atom is 0.262 e. The van der Waals surface area contributed by atoms with Gasteiger partial charge in [-0.2, -0.15) is 4.31 Å². The highest BCUT2D eigenvalue weighted by molar-refractivity contribution is 7.89. The van der Waals surface area contributed by atoms with Crippen LogP contribution in [0.1, 0.15) is 32.0 Å². The molecular formula is C13H24N4O2S. The number of likely N-dealkylation sites (N-methyl/N-ethyl adjacent to an activating group) is 1. The lowest BCUT2D eigenvalue weighted by Crippen LogP contribution is -2.46. The summed E-state index contributed by atoms with van der Waals surface area (Å²) in [4.78, 5) is 4.24. The van der Waals surface area contributed by atoms with Gasteiger partial charge < -0.3 is 9.88 Å². The maximum absolute atomic E-state index is 12.6. The molecule has 0 bridgehead atoms. The van der Waals surface area contributed by atoms with Gasteiger partial charge in [-0.3, -0.25) is 0 Å². The summed E-state index contributed by atoms with van der Waals surface area (Å²) in [7, 11) is -1.59. The summed E-state index contributed by atoms with van der Waals surface area (Å²) in [6.07, 6.45) is 4.53. The Labute approximate surface area is 121 Å². The zero-order chi connectivity index (χ0) is 14.8. The van der Waals surface area contributed by atoms with Crippen LogP contribution in [0.2, 0.25) is 0 Å². The third kappa shape index (κ3) is 3.05. The number of rotatable bonds is 5. The third-order valence-corrected chi connectivity index (χ3v) is 5.55. The number of piperidine rings is 1. The Hall–Kier alpha value is -0.920. The van der Waals surface area contributed by atoms with Crippen molar-refractivity contribution in [2.45, 2.75) is 50.7 Å². The second kappa shape index (κ2) is 6.24. The number of hydrogen-bond acceptors (Lipinski definition) is 4. The van der Waals surface area contributed by atoms with Crippen LogP contribution in [0.15, 0.2) is 11.2 Å². The summed E-state index contributed by atoms with van der Waals surface area (Å²) in [5, 5.41) is 3.34. The molecule has 1 fully saturated rings. The Morgan fingerprint density at radius 2 is 2.25 bits per heavy atom. The molecule has 1 aromatic rings. The molecule has 2 heterocycles. The van der Waals surface area contributed by atoms with E-state index in [9.17, 15) is 8.42 Å². The smallest absolute Gasteiger partial charge is 0.262 e. The van der Waals surface area contributed by atoms with Crippen molar-refractivity contribution in [3.05, 3.63) is 12.0 Å². The minimum Gasteiger partial charge on any atom is -0.334 e. The van der Waals surface area contributed by atoms with Crippen LogP contribution in [-0.2, 0) is 16.6 Å². The molecule has 0 aromatic carbocycles. The molecule has 0 amide bonds. The van der Waals surface area contributed by atoms with Gasteiger partial charge in [-0.25, -0.2) is 13.4 Å². The first kappa shape index (κ1) is 15.5. The van der Waals surface area contributed by atoms with E-state index < -0.39 is 10.0 Å². The lowest BCUT2D eigenvalue weighted by molar-refractivity contribution is 0.292. The van der Waals surface area contributed by atoms with Gasteiger partial charge in [0.1, 0.15) is 5.82 Å². The molecule has 1 aliphatic rings. The summed E-state index contributed by atoms with van der Waals surface area (Å²) in [6, 6.07) is 0.234. The fourth-order valence-corrected chi connectivity index (χ4v) is 4.12. The molecule has 0 saturated carbocycles. The molecule has 114 valence electrons. The zero-order valence-electron chi connectivity index (χ0n) is 12.5. The molecule has 1 saturated heterocycles. The Morgan fingerprint density at radius 1 is 1.50 bits per heavy atom. The molecule has 2 rings (SSSR count). The Kier molecular flexibility index (Phi) is 4.82. The number of nitrogens with zero attached hydrogens (tertiary/aromatic N) is 3. The van der Waals surface area contributed by atoms with Gasteiger partial charge in [0.25, 0.3) is 10.0 Å². The normalized spacial score (nSPS) is 21.2. The Bertz CT molecular complexity index is 553. The van der Waals surface area contributed by atoms with Crippen LogP contribution < -0.4 is 5.32 Å². The van der Waals surface area contributed by atoms with Crippen molar-refractivity contribution in [1.29, 1.82) is 0 Å². The van der Waals surface area contributed by atoms with E-state index in [2.05, 4.69) is 17.2 Å². The van der Waals surface area contributed by atoms with E-state index in [0.717, 1.165) is 31.6 Å². The third-order valence-electron chi connectivity index (χ3n) is 3.82. The van der Waals surface area contributed by atoms with Crippen molar-refractivity contribution in [3.63, 3.8) is 0 Å². The summed E-state index contributed by atoms with van der Waals surface area (Å²) in [5.41, 5.74) is 0. The van der Waals surface area contributed by atoms with Crippen molar-refractivity contribution in [3.8, 4) is 0 Å². The number of aryl methyl sites for hydroxylation is 2. The molecular weight excluding hydrogens is 276 g/mol. The monoisotopic (exact) mass is 300 g/mol. The fraction of sp³-hybridized carbons (Fsp3) is 0.769.